The number of carbonyl (C=O) groups excluding carboxylic acids is 1. The largest absolute Gasteiger partial charge is 0.349 e. The number of para-hydroxylation sites is 1. The Bertz CT molecular complexity index is 1070. The molecule has 0 bridgehead atoms. The molecule has 1 amide bonds. The Morgan fingerprint density at radius 3 is 2.45 bits per heavy atom. The number of carbonyl (C=O) groups is 1. The van der Waals surface area contributed by atoms with Crippen LogP contribution in [0.5, 0.6) is 0 Å². The summed E-state index contributed by atoms with van der Waals surface area (Å²) < 4.78 is 28.1. The predicted molar refractivity (Wildman–Crippen MR) is 113 cm³/mol. The summed E-state index contributed by atoms with van der Waals surface area (Å²) in [6.07, 6.45) is 5.32. The number of sulfonamides is 1. The summed E-state index contributed by atoms with van der Waals surface area (Å²) in [5, 5.41) is 3.28. The Morgan fingerprint density at radius 1 is 1.07 bits per heavy atom. The molecule has 29 heavy (non-hydrogen) atoms. The van der Waals surface area contributed by atoms with E-state index >= 15 is 0 Å². The average Bonchev–Trinajstić information content (AvgIpc) is 3.63. The number of anilines is 1. The standard InChI is InChI=1S/C22H23ClN2O3S/c23-18-10-9-17(22(26)24-21(15-5-6-15)16-7-8-16)13-20(18)29(27,28)25-12-11-14-3-1-2-4-19(14)25/h1-4,9-10,13,15-16,21H,5-8,11-12H2,(H,24,26). The number of hydrogen-bond acceptors (Lipinski definition) is 3. The first-order chi connectivity index (χ1) is 13.9. The van der Waals surface area contributed by atoms with Crippen LogP contribution >= 0.6 is 11.6 Å². The summed E-state index contributed by atoms with van der Waals surface area (Å²) in [6, 6.07) is 12.2. The van der Waals surface area contributed by atoms with Crippen molar-refractivity contribution in [2.45, 2.75) is 43.0 Å². The summed E-state index contributed by atoms with van der Waals surface area (Å²) in [4.78, 5) is 12.9. The highest BCUT2D eigenvalue weighted by Gasteiger charge is 2.42. The van der Waals surface area contributed by atoms with Crippen LogP contribution in [0.3, 0.4) is 0 Å². The first kappa shape index (κ1) is 18.9. The second-order valence-corrected chi connectivity index (χ2v) is 10.5. The summed E-state index contributed by atoms with van der Waals surface area (Å²) in [5.41, 5.74) is 2.02. The Kier molecular flexibility index (Phi) is 4.59. The first-order valence-corrected chi connectivity index (χ1v) is 12.0. The van der Waals surface area contributed by atoms with E-state index in [1.54, 1.807) is 12.1 Å². The van der Waals surface area contributed by atoms with Crippen LogP contribution in [0.25, 0.3) is 0 Å². The summed E-state index contributed by atoms with van der Waals surface area (Å²) in [5.74, 6) is 0.926. The van der Waals surface area contributed by atoms with Gasteiger partial charge in [-0.3, -0.25) is 9.10 Å². The van der Waals surface area contributed by atoms with Crippen LogP contribution in [0.15, 0.2) is 47.4 Å². The van der Waals surface area contributed by atoms with E-state index in [0.29, 0.717) is 36.1 Å². The van der Waals surface area contributed by atoms with Crippen LogP contribution in [0.1, 0.15) is 41.6 Å². The number of hydrogen-bond donors (Lipinski definition) is 1. The van der Waals surface area contributed by atoms with Gasteiger partial charge >= 0.3 is 0 Å². The van der Waals surface area contributed by atoms with Crippen molar-refractivity contribution >= 4 is 33.2 Å². The quantitative estimate of drug-likeness (QED) is 0.752. The Hall–Kier alpha value is -2.05. The number of nitrogens with one attached hydrogen (secondary N) is 1. The maximum absolute atomic E-state index is 13.4. The lowest BCUT2D eigenvalue weighted by Crippen LogP contribution is -2.38. The molecule has 0 radical (unpaired) electrons. The minimum Gasteiger partial charge on any atom is -0.349 e. The Labute approximate surface area is 176 Å². The molecule has 2 fully saturated rings. The zero-order valence-electron chi connectivity index (χ0n) is 16.0. The van der Waals surface area contributed by atoms with E-state index in [2.05, 4.69) is 5.32 Å². The van der Waals surface area contributed by atoms with E-state index in [4.69, 9.17) is 11.6 Å². The van der Waals surface area contributed by atoms with Gasteiger partial charge in [0.05, 0.1) is 10.7 Å². The minimum atomic E-state index is -3.85. The molecule has 1 N–H and O–H groups in total. The van der Waals surface area contributed by atoms with Crippen LogP contribution in [0.4, 0.5) is 5.69 Å². The molecule has 2 saturated carbocycles. The topological polar surface area (TPSA) is 66.5 Å². The highest BCUT2D eigenvalue weighted by Crippen LogP contribution is 2.44. The molecule has 0 aromatic heterocycles. The Balaban J connectivity index is 1.44. The van der Waals surface area contributed by atoms with Crippen molar-refractivity contribution in [1.82, 2.24) is 5.32 Å². The van der Waals surface area contributed by atoms with Crippen molar-refractivity contribution in [3.63, 3.8) is 0 Å². The van der Waals surface area contributed by atoms with E-state index in [1.807, 2.05) is 18.2 Å². The smallest absolute Gasteiger partial charge is 0.265 e. The second-order valence-electron chi connectivity index (χ2n) is 8.28. The average molecular weight is 431 g/mol. The number of halogens is 1. The van der Waals surface area contributed by atoms with Gasteiger partial charge in [-0.2, -0.15) is 0 Å². The lowest BCUT2D eigenvalue weighted by Gasteiger charge is -2.21. The summed E-state index contributed by atoms with van der Waals surface area (Å²) >= 11 is 6.28. The highest BCUT2D eigenvalue weighted by molar-refractivity contribution is 7.93. The zero-order valence-corrected chi connectivity index (χ0v) is 17.5. The molecule has 1 heterocycles. The fourth-order valence-corrected chi connectivity index (χ4v) is 6.29. The van der Waals surface area contributed by atoms with E-state index in [-0.39, 0.29) is 21.9 Å². The number of rotatable bonds is 6. The normalized spacial score (nSPS) is 18.8. The van der Waals surface area contributed by atoms with Crippen molar-refractivity contribution in [3.8, 4) is 0 Å². The third kappa shape index (κ3) is 3.53. The van der Waals surface area contributed by atoms with Gasteiger partial charge in [-0.25, -0.2) is 8.42 Å². The SMILES string of the molecule is O=C(NC(C1CC1)C1CC1)c1ccc(Cl)c(S(=O)(=O)N2CCc3ccccc32)c1. The third-order valence-electron chi connectivity index (χ3n) is 6.16. The van der Waals surface area contributed by atoms with Crippen LogP contribution in [0.2, 0.25) is 5.02 Å². The molecule has 0 atom stereocenters. The molecule has 0 saturated heterocycles. The molecule has 2 aromatic carbocycles. The maximum atomic E-state index is 13.4. The van der Waals surface area contributed by atoms with E-state index < -0.39 is 10.0 Å². The van der Waals surface area contributed by atoms with Gasteiger partial charge in [0.25, 0.3) is 15.9 Å². The van der Waals surface area contributed by atoms with Crippen molar-refractivity contribution < 1.29 is 13.2 Å². The van der Waals surface area contributed by atoms with Gasteiger partial charge in [-0.05, 0) is 73.8 Å². The molecule has 7 heteroatoms. The molecule has 0 spiro atoms. The molecule has 5 rings (SSSR count). The molecule has 2 aromatic rings. The van der Waals surface area contributed by atoms with Crippen LogP contribution in [-0.2, 0) is 16.4 Å². The Morgan fingerprint density at radius 2 is 1.76 bits per heavy atom. The minimum absolute atomic E-state index is 0.0158. The highest BCUT2D eigenvalue weighted by atomic mass is 35.5. The molecular weight excluding hydrogens is 408 g/mol. The first-order valence-electron chi connectivity index (χ1n) is 10.2. The molecule has 2 aliphatic carbocycles. The van der Waals surface area contributed by atoms with Crippen molar-refractivity contribution in [3.05, 3.63) is 58.6 Å². The molecule has 3 aliphatic rings. The predicted octanol–water partition coefficient (Wildman–Crippen LogP) is 4.01. The lowest BCUT2D eigenvalue weighted by atomic mass is 10.1. The van der Waals surface area contributed by atoms with E-state index in [1.165, 1.54) is 16.4 Å². The lowest BCUT2D eigenvalue weighted by molar-refractivity contribution is 0.0926. The van der Waals surface area contributed by atoms with E-state index in [9.17, 15) is 13.2 Å². The van der Waals surface area contributed by atoms with Gasteiger partial charge in [0, 0.05) is 18.2 Å². The van der Waals surface area contributed by atoms with Crippen molar-refractivity contribution in [1.29, 1.82) is 0 Å². The fourth-order valence-electron chi connectivity index (χ4n) is 4.28. The number of fused-ring (bicyclic) bond motifs is 1. The van der Waals surface area contributed by atoms with Gasteiger partial charge in [0.15, 0.2) is 0 Å². The second kappa shape index (κ2) is 7.03. The maximum Gasteiger partial charge on any atom is 0.265 e. The monoisotopic (exact) mass is 430 g/mol. The third-order valence-corrected chi connectivity index (χ3v) is 8.46. The van der Waals surface area contributed by atoms with Crippen molar-refractivity contribution in [2.24, 2.45) is 11.8 Å². The number of amides is 1. The van der Waals surface area contributed by atoms with Crippen LogP contribution < -0.4 is 9.62 Å². The molecule has 0 unspecified atom stereocenters. The summed E-state index contributed by atoms with van der Waals surface area (Å²) in [7, 11) is -3.85. The molecule has 5 nitrogen and oxygen atoms in total. The van der Waals surface area contributed by atoms with Gasteiger partial charge in [-0.1, -0.05) is 29.8 Å². The number of benzene rings is 2. The van der Waals surface area contributed by atoms with Gasteiger partial charge in [-0.15, -0.1) is 0 Å². The molecule has 152 valence electrons. The zero-order chi connectivity index (χ0) is 20.2. The number of nitrogens with zero attached hydrogens (tertiary/aromatic N) is 1. The molecule has 1 aliphatic heterocycles. The fraction of sp³-hybridized carbons (Fsp3) is 0.409. The van der Waals surface area contributed by atoms with Crippen molar-refractivity contribution in [2.75, 3.05) is 10.8 Å². The van der Waals surface area contributed by atoms with Gasteiger partial charge in [0.1, 0.15) is 4.90 Å². The van der Waals surface area contributed by atoms with E-state index in [0.717, 1.165) is 31.2 Å². The molecular formula is C22H23ClN2O3S. The van der Waals surface area contributed by atoms with Crippen LogP contribution in [0, 0.1) is 11.8 Å². The van der Waals surface area contributed by atoms with Crippen LogP contribution in [-0.4, -0.2) is 26.9 Å². The summed E-state index contributed by atoms with van der Waals surface area (Å²) in [6.45, 7) is 0.375. The van der Waals surface area contributed by atoms with Gasteiger partial charge < -0.3 is 5.32 Å². The van der Waals surface area contributed by atoms with Gasteiger partial charge in [0.2, 0.25) is 0 Å².